The largest absolute Gasteiger partial charge is 0.469 e. The molecule has 2 N–H and O–H groups in total. The second-order valence-corrected chi connectivity index (χ2v) is 4.07. The fraction of sp³-hybridized carbons (Fsp3) is 0.818. The second kappa shape index (κ2) is 7.22. The number of nitrogens with zero attached hydrogens (tertiary/aromatic N) is 1. The molecule has 1 amide bonds. The number of esters is 1. The van der Waals surface area contributed by atoms with Gasteiger partial charge in [0.15, 0.2) is 0 Å². The summed E-state index contributed by atoms with van der Waals surface area (Å²) in [4.78, 5) is 24.3. The number of hydrogen-bond acceptors (Lipinski definition) is 4. The Labute approximate surface area is 96.9 Å². The summed E-state index contributed by atoms with van der Waals surface area (Å²) in [5, 5.41) is 0. The number of carbonyl (C=O) groups excluding carboxylic acids is 2. The molecule has 0 aliphatic heterocycles. The van der Waals surface area contributed by atoms with E-state index in [9.17, 15) is 9.59 Å². The summed E-state index contributed by atoms with van der Waals surface area (Å²) in [5.74, 6) is -0.652. The minimum absolute atomic E-state index is 0.0369. The van der Waals surface area contributed by atoms with Gasteiger partial charge in [0.25, 0.3) is 0 Å². The molecule has 0 heterocycles. The summed E-state index contributed by atoms with van der Waals surface area (Å²) in [5.41, 5.74) is 5.69. The van der Waals surface area contributed by atoms with Gasteiger partial charge < -0.3 is 15.4 Å². The maximum Gasteiger partial charge on any atom is 0.310 e. The Bertz CT molecular complexity index is 243. The molecule has 0 fully saturated rings. The van der Waals surface area contributed by atoms with Crippen LogP contribution in [0.5, 0.6) is 0 Å². The number of rotatable bonds is 6. The zero-order chi connectivity index (χ0) is 12.7. The van der Waals surface area contributed by atoms with Crippen molar-refractivity contribution in [2.75, 3.05) is 20.7 Å². The van der Waals surface area contributed by atoms with Gasteiger partial charge in [-0.1, -0.05) is 13.8 Å². The van der Waals surface area contributed by atoms with Gasteiger partial charge in [-0.2, -0.15) is 0 Å². The van der Waals surface area contributed by atoms with Crippen molar-refractivity contribution >= 4 is 11.9 Å². The molecule has 94 valence electrons. The normalized spacial score (nSPS) is 14.1. The van der Waals surface area contributed by atoms with Crippen LogP contribution in [-0.4, -0.2) is 43.5 Å². The molecule has 0 bridgehead atoms. The molecule has 0 radical (unpaired) electrons. The Morgan fingerprint density at radius 2 is 2.00 bits per heavy atom. The monoisotopic (exact) mass is 230 g/mol. The second-order valence-electron chi connectivity index (χ2n) is 4.07. The molecule has 5 nitrogen and oxygen atoms in total. The molecule has 16 heavy (non-hydrogen) atoms. The van der Waals surface area contributed by atoms with E-state index in [1.807, 2.05) is 6.92 Å². The minimum Gasteiger partial charge on any atom is -0.469 e. The van der Waals surface area contributed by atoms with Gasteiger partial charge in [0.1, 0.15) is 0 Å². The predicted molar refractivity (Wildman–Crippen MR) is 61.7 cm³/mol. The number of methoxy groups -OCH3 is 1. The molecule has 0 aliphatic carbocycles. The third kappa shape index (κ3) is 5.11. The number of hydrogen-bond donors (Lipinski definition) is 1. The van der Waals surface area contributed by atoms with Crippen molar-refractivity contribution < 1.29 is 14.3 Å². The SMILES string of the molecule is CCC(N)CC(=O)N(C)CC(C)C(=O)OC. The van der Waals surface area contributed by atoms with Gasteiger partial charge in [-0.15, -0.1) is 0 Å². The number of amides is 1. The number of nitrogens with two attached hydrogens (primary N) is 1. The Balaban J connectivity index is 4.09. The van der Waals surface area contributed by atoms with Crippen LogP contribution in [-0.2, 0) is 14.3 Å². The fourth-order valence-corrected chi connectivity index (χ4v) is 1.31. The van der Waals surface area contributed by atoms with Gasteiger partial charge in [-0.25, -0.2) is 0 Å². The van der Waals surface area contributed by atoms with E-state index in [-0.39, 0.29) is 23.8 Å². The average molecular weight is 230 g/mol. The first-order chi connectivity index (χ1) is 7.42. The zero-order valence-electron chi connectivity index (χ0n) is 10.5. The highest BCUT2D eigenvalue weighted by Crippen LogP contribution is 2.04. The molecule has 0 rings (SSSR count). The van der Waals surface area contributed by atoms with E-state index < -0.39 is 0 Å². The smallest absolute Gasteiger partial charge is 0.310 e. The quantitative estimate of drug-likeness (QED) is 0.670. The van der Waals surface area contributed by atoms with Gasteiger partial charge in [0, 0.05) is 26.1 Å². The molecule has 0 saturated carbocycles. The highest BCUT2D eigenvalue weighted by atomic mass is 16.5. The van der Waals surface area contributed by atoms with Crippen LogP contribution >= 0.6 is 0 Å². The lowest BCUT2D eigenvalue weighted by Crippen LogP contribution is -2.37. The molecular weight excluding hydrogens is 208 g/mol. The van der Waals surface area contributed by atoms with E-state index in [2.05, 4.69) is 4.74 Å². The van der Waals surface area contributed by atoms with Crippen molar-refractivity contribution in [3.8, 4) is 0 Å². The number of ether oxygens (including phenoxy) is 1. The van der Waals surface area contributed by atoms with Gasteiger partial charge >= 0.3 is 5.97 Å². The molecule has 2 unspecified atom stereocenters. The highest BCUT2D eigenvalue weighted by Gasteiger charge is 2.19. The van der Waals surface area contributed by atoms with E-state index in [0.717, 1.165) is 6.42 Å². The van der Waals surface area contributed by atoms with E-state index in [4.69, 9.17) is 5.73 Å². The minimum atomic E-state index is -0.309. The van der Waals surface area contributed by atoms with Gasteiger partial charge in [0.05, 0.1) is 13.0 Å². The standard InChI is InChI=1S/C11H22N2O3/c1-5-9(12)6-10(14)13(3)7-8(2)11(15)16-4/h8-9H,5-7,12H2,1-4H3. The third-order valence-electron chi connectivity index (χ3n) is 2.54. The van der Waals surface area contributed by atoms with Gasteiger partial charge in [-0.3, -0.25) is 9.59 Å². The van der Waals surface area contributed by atoms with Crippen LogP contribution in [0.15, 0.2) is 0 Å². The molecule has 2 atom stereocenters. The van der Waals surface area contributed by atoms with Crippen LogP contribution in [0.4, 0.5) is 0 Å². The molecule has 0 aromatic rings. The van der Waals surface area contributed by atoms with Crippen molar-refractivity contribution in [2.45, 2.75) is 32.7 Å². The Kier molecular flexibility index (Phi) is 6.72. The molecule has 0 spiro atoms. The third-order valence-corrected chi connectivity index (χ3v) is 2.54. The highest BCUT2D eigenvalue weighted by molar-refractivity contribution is 5.78. The first-order valence-corrected chi connectivity index (χ1v) is 5.49. The predicted octanol–water partition coefficient (Wildman–Crippen LogP) is 0.381. The summed E-state index contributed by atoms with van der Waals surface area (Å²) < 4.78 is 4.59. The van der Waals surface area contributed by atoms with Crippen molar-refractivity contribution in [1.29, 1.82) is 0 Å². The lowest BCUT2D eigenvalue weighted by atomic mass is 10.1. The van der Waals surface area contributed by atoms with Crippen LogP contribution in [0, 0.1) is 5.92 Å². The van der Waals surface area contributed by atoms with Crippen molar-refractivity contribution in [3.05, 3.63) is 0 Å². The van der Waals surface area contributed by atoms with Crippen molar-refractivity contribution in [1.82, 2.24) is 4.90 Å². The first-order valence-electron chi connectivity index (χ1n) is 5.49. The van der Waals surface area contributed by atoms with E-state index in [1.54, 1.807) is 14.0 Å². The molecule has 5 heteroatoms. The van der Waals surface area contributed by atoms with E-state index in [0.29, 0.717) is 13.0 Å². The lowest BCUT2D eigenvalue weighted by molar-refractivity contribution is -0.146. The van der Waals surface area contributed by atoms with Crippen LogP contribution in [0.1, 0.15) is 26.7 Å². The fourth-order valence-electron chi connectivity index (χ4n) is 1.31. The lowest BCUT2D eigenvalue weighted by Gasteiger charge is -2.21. The summed E-state index contributed by atoms with van der Waals surface area (Å²) >= 11 is 0. The topological polar surface area (TPSA) is 72.6 Å². The van der Waals surface area contributed by atoms with Gasteiger partial charge in [0.2, 0.25) is 5.91 Å². The molecule has 0 aromatic heterocycles. The summed E-state index contributed by atoms with van der Waals surface area (Å²) in [7, 11) is 3.01. The molecule has 0 aromatic carbocycles. The maximum absolute atomic E-state index is 11.7. The molecule has 0 aliphatic rings. The van der Waals surface area contributed by atoms with E-state index in [1.165, 1.54) is 12.0 Å². The molecular formula is C11H22N2O3. The van der Waals surface area contributed by atoms with Crippen LogP contribution in [0.3, 0.4) is 0 Å². The summed E-state index contributed by atoms with van der Waals surface area (Å²) in [6, 6.07) is -0.108. The maximum atomic E-state index is 11.7. The van der Waals surface area contributed by atoms with Crippen LogP contribution in [0.25, 0.3) is 0 Å². The Morgan fingerprint density at radius 1 is 1.44 bits per heavy atom. The number of carbonyl (C=O) groups is 2. The summed E-state index contributed by atoms with van der Waals surface area (Å²) in [6.07, 6.45) is 1.09. The van der Waals surface area contributed by atoms with E-state index >= 15 is 0 Å². The van der Waals surface area contributed by atoms with Crippen molar-refractivity contribution in [3.63, 3.8) is 0 Å². The Morgan fingerprint density at radius 3 is 2.44 bits per heavy atom. The van der Waals surface area contributed by atoms with Gasteiger partial charge in [-0.05, 0) is 6.42 Å². The van der Waals surface area contributed by atoms with Crippen molar-refractivity contribution in [2.24, 2.45) is 11.7 Å². The van der Waals surface area contributed by atoms with Crippen LogP contribution in [0.2, 0.25) is 0 Å². The van der Waals surface area contributed by atoms with Crippen LogP contribution < -0.4 is 5.73 Å². The zero-order valence-corrected chi connectivity index (χ0v) is 10.5. The molecule has 0 saturated heterocycles. The Hall–Kier alpha value is -1.10. The summed E-state index contributed by atoms with van der Waals surface area (Å²) in [6.45, 7) is 4.03. The average Bonchev–Trinajstić information content (AvgIpc) is 2.27. The first kappa shape index (κ1) is 14.9.